The van der Waals surface area contributed by atoms with E-state index in [1.807, 2.05) is 45.0 Å². The van der Waals surface area contributed by atoms with Crippen LogP contribution in [0.25, 0.3) is 10.9 Å². The first-order chi connectivity index (χ1) is 10.7. The third-order valence-electron chi connectivity index (χ3n) is 3.19. The van der Waals surface area contributed by atoms with E-state index in [2.05, 4.69) is 25.3 Å². The third kappa shape index (κ3) is 2.95. The maximum Gasteiger partial charge on any atom is 0.230 e. The molecule has 0 radical (unpaired) electrons. The lowest BCUT2D eigenvalue weighted by Gasteiger charge is -2.09. The molecule has 0 aliphatic heterocycles. The van der Waals surface area contributed by atoms with Gasteiger partial charge in [0.05, 0.1) is 17.8 Å². The number of nitrogens with one attached hydrogen (secondary N) is 1. The summed E-state index contributed by atoms with van der Waals surface area (Å²) in [5, 5.41) is 4.02. The summed E-state index contributed by atoms with van der Waals surface area (Å²) in [6.45, 7) is 6.45. The van der Waals surface area contributed by atoms with Crippen molar-refractivity contribution in [2.24, 2.45) is 0 Å². The highest BCUT2D eigenvalue weighted by Crippen LogP contribution is 2.23. The second-order valence-corrected chi connectivity index (χ2v) is 4.89. The Labute approximate surface area is 128 Å². The van der Waals surface area contributed by atoms with E-state index in [0.717, 1.165) is 28.0 Å². The third-order valence-corrected chi connectivity index (χ3v) is 3.19. The SMILES string of the molecule is CCOc1ccc2nc(Nc3nccc(C)n3)nc(C)c2c1. The molecule has 3 aromatic rings. The van der Waals surface area contributed by atoms with E-state index in [-0.39, 0.29) is 0 Å². The van der Waals surface area contributed by atoms with Crippen molar-refractivity contribution < 1.29 is 4.74 Å². The molecule has 6 nitrogen and oxygen atoms in total. The van der Waals surface area contributed by atoms with Gasteiger partial charge in [-0.15, -0.1) is 0 Å². The van der Waals surface area contributed by atoms with E-state index in [0.29, 0.717) is 18.5 Å². The minimum absolute atomic E-state index is 0.486. The molecule has 2 aromatic heterocycles. The van der Waals surface area contributed by atoms with E-state index >= 15 is 0 Å². The first kappa shape index (κ1) is 14.2. The van der Waals surface area contributed by atoms with Crippen LogP contribution < -0.4 is 10.1 Å². The lowest BCUT2D eigenvalue weighted by atomic mass is 10.2. The molecule has 0 aliphatic rings. The van der Waals surface area contributed by atoms with Crippen molar-refractivity contribution in [3.05, 3.63) is 41.9 Å². The highest BCUT2D eigenvalue weighted by molar-refractivity contribution is 5.83. The zero-order valence-corrected chi connectivity index (χ0v) is 12.8. The number of aryl methyl sites for hydroxylation is 2. The van der Waals surface area contributed by atoms with Crippen LogP contribution in [0.5, 0.6) is 5.75 Å². The van der Waals surface area contributed by atoms with Crippen molar-refractivity contribution in [1.29, 1.82) is 0 Å². The van der Waals surface area contributed by atoms with Crippen LogP contribution >= 0.6 is 0 Å². The van der Waals surface area contributed by atoms with Gasteiger partial charge in [-0.1, -0.05) is 0 Å². The zero-order valence-electron chi connectivity index (χ0n) is 12.8. The first-order valence-corrected chi connectivity index (χ1v) is 7.13. The van der Waals surface area contributed by atoms with Gasteiger partial charge in [0.1, 0.15) is 5.75 Å². The Morgan fingerprint density at radius 1 is 1.05 bits per heavy atom. The summed E-state index contributed by atoms with van der Waals surface area (Å²) in [6.07, 6.45) is 1.70. The first-order valence-electron chi connectivity index (χ1n) is 7.13. The minimum atomic E-state index is 0.486. The predicted octanol–water partition coefficient (Wildman–Crippen LogP) is 3.18. The quantitative estimate of drug-likeness (QED) is 0.797. The monoisotopic (exact) mass is 295 g/mol. The fourth-order valence-corrected chi connectivity index (χ4v) is 2.18. The maximum absolute atomic E-state index is 5.52. The predicted molar refractivity (Wildman–Crippen MR) is 85.5 cm³/mol. The Morgan fingerprint density at radius 3 is 2.68 bits per heavy atom. The Bertz CT molecular complexity index is 819. The molecule has 6 heteroatoms. The molecule has 2 heterocycles. The summed E-state index contributed by atoms with van der Waals surface area (Å²) < 4.78 is 5.52. The number of hydrogen-bond acceptors (Lipinski definition) is 6. The molecule has 1 N–H and O–H groups in total. The van der Waals surface area contributed by atoms with Crippen molar-refractivity contribution in [3.8, 4) is 5.75 Å². The number of nitrogens with zero attached hydrogens (tertiary/aromatic N) is 4. The van der Waals surface area contributed by atoms with Crippen LogP contribution in [0, 0.1) is 13.8 Å². The van der Waals surface area contributed by atoms with E-state index in [1.165, 1.54) is 0 Å². The molecule has 0 spiro atoms. The molecule has 0 atom stereocenters. The number of aromatic nitrogens is 4. The number of fused-ring (bicyclic) bond motifs is 1. The van der Waals surface area contributed by atoms with Crippen LogP contribution in [0.3, 0.4) is 0 Å². The highest BCUT2D eigenvalue weighted by Gasteiger charge is 2.07. The fraction of sp³-hybridized carbons (Fsp3) is 0.250. The van der Waals surface area contributed by atoms with E-state index in [9.17, 15) is 0 Å². The van der Waals surface area contributed by atoms with Crippen molar-refractivity contribution >= 4 is 22.8 Å². The van der Waals surface area contributed by atoms with Gasteiger partial charge < -0.3 is 4.74 Å². The van der Waals surface area contributed by atoms with Crippen LogP contribution in [0.15, 0.2) is 30.5 Å². The molecular formula is C16H17N5O. The Kier molecular flexibility index (Phi) is 3.82. The molecule has 0 bridgehead atoms. The van der Waals surface area contributed by atoms with Crippen molar-refractivity contribution in [1.82, 2.24) is 19.9 Å². The standard InChI is InChI=1S/C16H17N5O/c1-4-22-12-5-6-14-13(9-12)11(3)19-16(20-14)21-15-17-8-7-10(2)18-15/h5-9H,4H2,1-3H3,(H,17,18,19,20,21). The minimum Gasteiger partial charge on any atom is -0.494 e. The zero-order chi connectivity index (χ0) is 15.5. The fourth-order valence-electron chi connectivity index (χ4n) is 2.18. The van der Waals surface area contributed by atoms with Gasteiger partial charge in [-0.05, 0) is 45.0 Å². The van der Waals surface area contributed by atoms with Crippen LogP contribution in [0.2, 0.25) is 0 Å². The number of anilines is 2. The summed E-state index contributed by atoms with van der Waals surface area (Å²) >= 11 is 0. The van der Waals surface area contributed by atoms with E-state index < -0.39 is 0 Å². The summed E-state index contributed by atoms with van der Waals surface area (Å²) in [6, 6.07) is 7.64. The lowest BCUT2D eigenvalue weighted by molar-refractivity contribution is 0.340. The maximum atomic E-state index is 5.52. The molecule has 0 saturated heterocycles. The molecule has 1 aromatic carbocycles. The van der Waals surface area contributed by atoms with Crippen LogP contribution in [0.4, 0.5) is 11.9 Å². The average Bonchev–Trinajstić information content (AvgIpc) is 2.48. The summed E-state index contributed by atoms with van der Waals surface area (Å²) in [7, 11) is 0. The Hall–Kier alpha value is -2.76. The highest BCUT2D eigenvalue weighted by atomic mass is 16.5. The molecular weight excluding hydrogens is 278 g/mol. The topological polar surface area (TPSA) is 72.8 Å². The molecule has 112 valence electrons. The van der Waals surface area contributed by atoms with Crippen molar-refractivity contribution in [2.45, 2.75) is 20.8 Å². The summed E-state index contributed by atoms with van der Waals surface area (Å²) in [4.78, 5) is 17.4. The summed E-state index contributed by atoms with van der Waals surface area (Å²) in [5.74, 6) is 1.80. The molecule has 0 amide bonds. The smallest absolute Gasteiger partial charge is 0.230 e. The van der Waals surface area contributed by atoms with Gasteiger partial charge in [-0.3, -0.25) is 5.32 Å². The van der Waals surface area contributed by atoms with E-state index in [4.69, 9.17) is 4.74 Å². The van der Waals surface area contributed by atoms with Crippen LogP contribution in [-0.2, 0) is 0 Å². The second-order valence-electron chi connectivity index (χ2n) is 4.89. The normalized spacial score (nSPS) is 10.7. The molecule has 0 aliphatic carbocycles. The molecule has 3 rings (SSSR count). The Balaban J connectivity index is 1.96. The van der Waals surface area contributed by atoms with Gasteiger partial charge in [0.2, 0.25) is 11.9 Å². The van der Waals surface area contributed by atoms with Gasteiger partial charge in [-0.25, -0.2) is 19.9 Å². The van der Waals surface area contributed by atoms with Gasteiger partial charge >= 0.3 is 0 Å². The molecule has 22 heavy (non-hydrogen) atoms. The van der Waals surface area contributed by atoms with Crippen LogP contribution in [-0.4, -0.2) is 26.5 Å². The second kappa shape index (κ2) is 5.93. The van der Waals surface area contributed by atoms with Gasteiger partial charge in [0.15, 0.2) is 0 Å². The molecule has 0 fully saturated rings. The van der Waals surface area contributed by atoms with Crippen molar-refractivity contribution in [3.63, 3.8) is 0 Å². The van der Waals surface area contributed by atoms with Gasteiger partial charge in [0.25, 0.3) is 0 Å². The number of benzene rings is 1. The average molecular weight is 295 g/mol. The van der Waals surface area contributed by atoms with Gasteiger partial charge in [0, 0.05) is 17.3 Å². The number of ether oxygens (including phenoxy) is 1. The van der Waals surface area contributed by atoms with E-state index in [1.54, 1.807) is 6.20 Å². The van der Waals surface area contributed by atoms with Crippen LogP contribution in [0.1, 0.15) is 18.3 Å². The summed E-state index contributed by atoms with van der Waals surface area (Å²) in [5.41, 5.74) is 2.61. The van der Waals surface area contributed by atoms with Crippen molar-refractivity contribution in [2.75, 3.05) is 11.9 Å². The lowest BCUT2D eigenvalue weighted by Crippen LogP contribution is -2.03. The van der Waals surface area contributed by atoms with Gasteiger partial charge in [-0.2, -0.15) is 0 Å². The number of rotatable bonds is 4. The Morgan fingerprint density at radius 2 is 1.91 bits per heavy atom. The largest absolute Gasteiger partial charge is 0.494 e. The molecule has 0 saturated carbocycles. The molecule has 0 unspecified atom stereocenters. The number of hydrogen-bond donors (Lipinski definition) is 1.